The second kappa shape index (κ2) is 10.6. The van der Waals surface area contributed by atoms with Crippen molar-refractivity contribution in [1.82, 2.24) is 0 Å². The van der Waals surface area contributed by atoms with Crippen LogP contribution in [0.3, 0.4) is 0 Å². The Bertz CT molecular complexity index is 942. The zero-order chi connectivity index (χ0) is 23.3. The number of halogens is 1. The largest absolute Gasteiger partial charge is 0.508 e. The van der Waals surface area contributed by atoms with E-state index in [0.717, 1.165) is 16.9 Å². The lowest BCUT2D eigenvalue weighted by atomic mass is 9.80. The summed E-state index contributed by atoms with van der Waals surface area (Å²) in [5, 5.41) is 0. The summed E-state index contributed by atoms with van der Waals surface area (Å²) < 4.78 is 35.6. The van der Waals surface area contributed by atoms with Gasteiger partial charge in [0.1, 0.15) is 18.2 Å². The van der Waals surface area contributed by atoms with Gasteiger partial charge in [0.15, 0.2) is 11.9 Å². The zero-order valence-corrected chi connectivity index (χ0v) is 18.8. The third-order valence-corrected chi connectivity index (χ3v) is 5.91. The van der Waals surface area contributed by atoms with Crippen LogP contribution in [-0.4, -0.2) is 38.4 Å². The van der Waals surface area contributed by atoms with Crippen LogP contribution in [-0.2, 0) is 25.4 Å². The van der Waals surface area contributed by atoms with Gasteiger partial charge in [-0.3, -0.25) is 4.79 Å². The minimum absolute atomic E-state index is 0.124. The van der Waals surface area contributed by atoms with Gasteiger partial charge in [-0.2, -0.15) is 0 Å². The molecule has 1 fully saturated rings. The van der Waals surface area contributed by atoms with Gasteiger partial charge in [0.25, 0.3) is 0 Å². The minimum atomic E-state index is -0.898. The van der Waals surface area contributed by atoms with E-state index in [1.807, 2.05) is 38.1 Å². The van der Waals surface area contributed by atoms with E-state index in [0.29, 0.717) is 12.0 Å². The van der Waals surface area contributed by atoms with Crippen molar-refractivity contribution < 1.29 is 32.9 Å². The number of methoxy groups -OCH3 is 1. The summed E-state index contributed by atoms with van der Waals surface area (Å²) in [5.41, 5.74) is 2.26. The molecule has 1 saturated heterocycles. The number of hydrogen-bond acceptors (Lipinski definition) is 6. The maximum absolute atomic E-state index is 14.6. The highest BCUT2D eigenvalue weighted by molar-refractivity contribution is 5.86. The van der Waals surface area contributed by atoms with Gasteiger partial charge >= 0.3 is 6.16 Å². The summed E-state index contributed by atoms with van der Waals surface area (Å²) in [6.45, 7) is 5.40. The average molecular weight is 444 g/mol. The highest BCUT2D eigenvalue weighted by atomic mass is 19.1. The maximum atomic E-state index is 14.6. The summed E-state index contributed by atoms with van der Waals surface area (Å²) in [7, 11) is 1.60. The predicted molar refractivity (Wildman–Crippen MR) is 116 cm³/mol. The van der Waals surface area contributed by atoms with Crippen LogP contribution in [0.4, 0.5) is 9.18 Å². The maximum Gasteiger partial charge on any atom is 0.508 e. The van der Waals surface area contributed by atoms with Crippen LogP contribution in [0.15, 0.2) is 42.5 Å². The third-order valence-electron chi connectivity index (χ3n) is 5.91. The first-order valence-electron chi connectivity index (χ1n) is 10.7. The molecule has 0 aliphatic carbocycles. The molecule has 2 aromatic rings. The molecule has 0 N–H and O–H groups in total. The van der Waals surface area contributed by atoms with E-state index in [2.05, 4.69) is 0 Å². The molecule has 6 nitrogen and oxygen atoms in total. The molecular weight excluding hydrogens is 415 g/mol. The first-order chi connectivity index (χ1) is 15.3. The van der Waals surface area contributed by atoms with E-state index in [9.17, 15) is 14.0 Å². The van der Waals surface area contributed by atoms with Gasteiger partial charge in [0, 0.05) is 12.3 Å². The second-order valence-electron chi connectivity index (χ2n) is 7.97. The Labute approximate surface area is 187 Å². The number of hydrogen-bond donors (Lipinski definition) is 0. The standard InChI is InChI=1S/C25H29FO6/c1-5-30-25(28)31-14-22-23(27)15(2)16(3)24(32-22)18-8-11-21(26)19(13-18)12-17-6-9-20(29-4)10-7-17/h6-11,13,15-16,22,24H,5,12,14H2,1-4H3. The molecule has 0 spiro atoms. The SMILES string of the molecule is CCOC(=O)OCC1OC(c2ccc(F)c(Cc3ccc(OC)cc3)c2)C(C)C(C)C1=O. The summed E-state index contributed by atoms with van der Waals surface area (Å²) >= 11 is 0. The Kier molecular flexibility index (Phi) is 7.85. The number of ether oxygens (including phenoxy) is 4. The molecular formula is C25H29FO6. The van der Waals surface area contributed by atoms with Crippen LogP contribution in [0.2, 0.25) is 0 Å². The molecule has 172 valence electrons. The fourth-order valence-corrected chi connectivity index (χ4v) is 3.86. The van der Waals surface area contributed by atoms with Gasteiger partial charge in [-0.15, -0.1) is 0 Å². The molecule has 0 amide bonds. The summed E-state index contributed by atoms with van der Waals surface area (Å²) in [6.07, 6.45) is -1.76. The molecule has 2 aromatic carbocycles. The Hall–Kier alpha value is -2.93. The van der Waals surface area contributed by atoms with Crippen molar-refractivity contribution in [2.24, 2.45) is 11.8 Å². The lowest BCUT2D eigenvalue weighted by Gasteiger charge is -2.38. The van der Waals surface area contributed by atoms with Crippen molar-refractivity contribution in [2.75, 3.05) is 20.3 Å². The summed E-state index contributed by atoms with van der Waals surface area (Å²) in [5.74, 6) is -0.125. The van der Waals surface area contributed by atoms with E-state index < -0.39 is 18.4 Å². The molecule has 32 heavy (non-hydrogen) atoms. The normalized spacial score (nSPS) is 23.0. The van der Waals surface area contributed by atoms with Crippen molar-refractivity contribution >= 4 is 11.9 Å². The smallest absolute Gasteiger partial charge is 0.497 e. The van der Waals surface area contributed by atoms with Crippen LogP contribution < -0.4 is 4.74 Å². The summed E-state index contributed by atoms with van der Waals surface area (Å²) in [6, 6.07) is 12.4. The molecule has 1 aliphatic heterocycles. The van der Waals surface area contributed by atoms with Crippen molar-refractivity contribution in [3.8, 4) is 5.75 Å². The molecule has 0 aromatic heterocycles. The summed E-state index contributed by atoms with van der Waals surface area (Å²) in [4.78, 5) is 24.2. The van der Waals surface area contributed by atoms with E-state index in [4.69, 9.17) is 18.9 Å². The third kappa shape index (κ3) is 5.46. The first kappa shape index (κ1) is 23.7. The monoisotopic (exact) mass is 444 g/mol. The van der Waals surface area contributed by atoms with Gasteiger partial charge < -0.3 is 18.9 Å². The highest BCUT2D eigenvalue weighted by Gasteiger charge is 2.41. The number of rotatable bonds is 7. The van der Waals surface area contributed by atoms with Crippen LogP contribution in [0.1, 0.15) is 43.6 Å². The van der Waals surface area contributed by atoms with E-state index in [1.54, 1.807) is 26.2 Å². The van der Waals surface area contributed by atoms with E-state index in [1.165, 1.54) is 6.07 Å². The zero-order valence-electron chi connectivity index (χ0n) is 18.8. The molecule has 1 aliphatic rings. The Morgan fingerprint density at radius 2 is 1.81 bits per heavy atom. The molecule has 0 radical (unpaired) electrons. The highest BCUT2D eigenvalue weighted by Crippen LogP contribution is 2.39. The fraction of sp³-hybridized carbons (Fsp3) is 0.440. The number of carbonyl (C=O) groups excluding carboxylic acids is 2. The van der Waals surface area contributed by atoms with Gasteiger partial charge in [0.05, 0.1) is 19.8 Å². The molecule has 1 heterocycles. The van der Waals surface area contributed by atoms with E-state index in [-0.39, 0.29) is 36.7 Å². The lowest BCUT2D eigenvalue weighted by Crippen LogP contribution is -2.45. The Balaban J connectivity index is 1.79. The van der Waals surface area contributed by atoms with Gasteiger partial charge in [-0.1, -0.05) is 32.0 Å². The molecule has 0 saturated carbocycles. The Morgan fingerprint density at radius 3 is 2.47 bits per heavy atom. The number of carbonyl (C=O) groups is 2. The number of benzene rings is 2. The topological polar surface area (TPSA) is 71.1 Å². The molecule has 3 rings (SSSR count). The minimum Gasteiger partial charge on any atom is -0.497 e. The van der Waals surface area contributed by atoms with Crippen LogP contribution >= 0.6 is 0 Å². The quantitative estimate of drug-likeness (QED) is 0.567. The molecule has 4 unspecified atom stereocenters. The van der Waals surface area contributed by atoms with Crippen LogP contribution in [0, 0.1) is 17.7 Å². The first-order valence-corrected chi connectivity index (χ1v) is 10.7. The molecule has 7 heteroatoms. The molecule has 4 atom stereocenters. The van der Waals surface area contributed by atoms with Crippen molar-refractivity contribution in [1.29, 1.82) is 0 Å². The van der Waals surface area contributed by atoms with Crippen molar-refractivity contribution in [3.05, 3.63) is 65.0 Å². The van der Waals surface area contributed by atoms with E-state index >= 15 is 0 Å². The van der Waals surface area contributed by atoms with Crippen LogP contribution in [0.5, 0.6) is 5.75 Å². The molecule has 0 bridgehead atoms. The predicted octanol–water partition coefficient (Wildman–Crippen LogP) is 4.88. The number of ketones is 1. The van der Waals surface area contributed by atoms with Gasteiger partial charge in [-0.25, -0.2) is 9.18 Å². The fourth-order valence-electron chi connectivity index (χ4n) is 3.86. The second-order valence-corrected chi connectivity index (χ2v) is 7.97. The lowest BCUT2D eigenvalue weighted by molar-refractivity contribution is -0.163. The Morgan fingerprint density at radius 1 is 1.09 bits per heavy atom. The van der Waals surface area contributed by atoms with Crippen LogP contribution in [0.25, 0.3) is 0 Å². The van der Waals surface area contributed by atoms with Crippen molar-refractivity contribution in [2.45, 2.75) is 39.4 Å². The van der Waals surface area contributed by atoms with Gasteiger partial charge in [-0.05, 0) is 53.8 Å². The van der Waals surface area contributed by atoms with Crippen molar-refractivity contribution in [3.63, 3.8) is 0 Å². The van der Waals surface area contributed by atoms with Gasteiger partial charge in [0.2, 0.25) is 0 Å². The average Bonchev–Trinajstić information content (AvgIpc) is 2.79. The number of Topliss-reactive ketones (excluding diaryl/α,β-unsaturated/α-hetero) is 1.